The molecule has 3 heterocycles. The third-order valence-electron chi connectivity index (χ3n) is 5.73. The molecule has 28 heavy (non-hydrogen) atoms. The first-order valence-electron chi connectivity index (χ1n) is 9.43. The monoisotopic (exact) mass is 402 g/mol. The van der Waals surface area contributed by atoms with Crippen molar-refractivity contribution < 1.29 is 14.3 Å². The number of hydrogen-bond donors (Lipinski definition) is 0. The predicted octanol–water partition coefficient (Wildman–Crippen LogP) is 2.55. The van der Waals surface area contributed by atoms with Crippen molar-refractivity contribution in [1.29, 1.82) is 0 Å². The minimum atomic E-state index is -0.378. The molecule has 1 spiro atoms. The molecule has 0 aliphatic carbocycles. The maximum atomic E-state index is 12.9. The third kappa shape index (κ3) is 3.18. The number of methoxy groups -OCH3 is 1. The van der Waals surface area contributed by atoms with Gasteiger partial charge in [-0.05, 0) is 25.0 Å². The van der Waals surface area contributed by atoms with Crippen molar-refractivity contribution >= 4 is 29.2 Å². The summed E-state index contributed by atoms with van der Waals surface area (Å²) in [6.45, 7) is 2.11. The molecule has 148 valence electrons. The second-order valence-electron chi connectivity index (χ2n) is 7.31. The summed E-state index contributed by atoms with van der Waals surface area (Å²) in [5.41, 5.74) is 0.141. The van der Waals surface area contributed by atoms with Gasteiger partial charge in [0.2, 0.25) is 5.91 Å². The van der Waals surface area contributed by atoms with Crippen molar-refractivity contribution in [3.8, 4) is 0 Å². The van der Waals surface area contributed by atoms with Gasteiger partial charge in [-0.3, -0.25) is 14.5 Å². The Kier molecular flexibility index (Phi) is 5.12. The summed E-state index contributed by atoms with van der Waals surface area (Å²) in [6, 6.07) is 8.97. The number of likely N-dealkylation sites (tertiary alicyclic amines) is 1. The van der Waals surface area contributed by atoms with E-state index in [4.69, 9.17) is 16.3 Å². The van der Waals surface area contributed by atoms with Crippen LogP contribution in [0.2, 0.25) is 5.02 Å². The first kappa shape index (κ1) is 19.0. The normalized spacial score (nSPS) is 18.4. The van der Waals surface area contributed by atoms with Crippen LogP contribution in [0.4, 0.5) is 5.82 Å². The predicted molar refractivity (Wildman–Crippen MR) is 106 cm³/mol. The molecule has 0 saturated carbocycles. The van der Waals surface area contributed by atoms with E-state index in [2.05, 4.69) is 5.10 Å². The van der Waals surface area contributed by atoms with E-state index < -0.39 is 0 Å². The highest BCUT2D eigenvalue weighted by Crippen LogP contribution is 2.41. The lowest BCUT2D eigenvalue weighted by atomic mass is 9.82. The molecule has 2 aliphatic heterocycles. The molecule has 0 atom stereocenters. The zero-order valence-corrected chi connectivity index (χ0v) is 16.6. The Bertz CT molecular complexity index is 889. The molecular formula is C20H23ClN4O3. The van der Waals surface area contributed by atoms with Crippen LogP contribution in [0.15, 0.2) is 36.5 Å². The van der Waals surface area contributed by atoms with E-state index in [9.17, 15) is 9.59 Å². The zero-order valence-electron chi connectivity index (χ0n) is 15.8. The fraction of sp³-hybridized carbons (Fsp3) is 0.450. The molecule has 8 heteroatoms. The number of ether oxygens (including phenoxy) is 1. The molecule has 1 saturated heterocycles. The van der Waals surface area contributed by atoms with Crippen molar-refractivity contribution in [2.24, 2.45) is 0 Å². The number of anilines is 1. The maximum Gasteiger partial charge on any atom is 0.255 e. The van der Waals surface area contributed by atoms with E-state index in [-0.39, 0.29) is 17.4 Å². The van der Waals surface area contributed by atoms with Crippen LogP contribution in [0.1, 0.15) is 29.6 Å². The smallest absolute Gasteiger partial charge is 0.255 e. The number of hydrogen-bond acceptors (Lipinski definition) is 4. The molecule has 2 aliphatic rings. The summed E-state index contributed by atoms with van der Waals surface area (Å²) in [6.07, 6.45) is 3.49. The topological polar surface area (TPSA) is 67.7 Å². The van der Waals surface area contributed by atoms with Crippen molar-refractivity contribution in [2.75, 3.05) is 38.3 Å². The zero-order chi connectivity index (χ0) is 19.7. The highest BCUT2D eigenvalue weighted by molar-refractivity contribution is 6.33. The van der Waals surface area contributed by atoms with Crippen LogP contribution in [0.5, 0.6) is 0 Å². The Morgan fingerprint density at radius 3 is 2.71 bits per heavy atom. The molecule has 0 N–H and O–H groups in total. The molecule has 4 rings (SSSR count). The van der Waals surface area contributed by atoms with E-state index in [1.807, 2.05) is 27.8 Å². The SMILES string of the molecule is COCCN1C(=O)CC2(CCN(C(=O)c3ccccc3Cl)CC2)n2nccc21. The number of carbonyl (C=O) groups excluding carboxylic acids is 2. The summed E-state index contributed by atoms with van der Waals surface area (Å²) in [5, 5.41) is 4.99. The van der Waals surface area contributed by atoms with E-state index in [0.717, 1.165) is 5.82 Å². The molecule has 0 bridgehead atoms. The number of halogens is 1. The van der Waals surface area contributed by atoms with E-state index in [1.165, 1.54) is 0 Å². The average Bonchev–Trinajstić information content (AvgIpc) is 3.19. The van der Waals surface area contributed by atoms with Crippen molar-refractivity contribution in [3.05, 3.63) is 47.1 Å². The number of rotatable bonds is 4. The van der Waals surface area contributed by atoms with Gasteiger partial charge in [0.05, 0.1) is 41.9 Å². The molecular weight excluding hydrogens is 380 g/mol. The summed E-state index contributed by atoms with van der Waals surface area (Å²) in [4.78, 5) is 29.3. The van der Waals surface area contributed by atoms with Gasteiger partial charge in [-0.25, -0.2) is 4.68 Å². The van der Waals surface area contributed by atoms with Crippen LogP contribution in [-0.4, -0.2) is 59.8 Å². The molecule has 2 aromatic rings. The second-order valence-corrected chi connectivity index (χ2v) is 7.72. The Balaban J connectivity index is 1.53. The number of fused-ring (bicyclic) bond motifs is 2. The van der Waals surface area contributed by atoms with Gasteiger partial charge >= 0.3 is 0 Å². The third-order valence-corrected chi connectivity index (χ3v) is 6.06. The molecule has 1 aromatic carbocycles. The minimum Gasteiger partial charge on any atom is -0.383 e. The van der Waals surface area contributed by atoms with Crippen LogP contribution in [0.3, 0.4) is 0 Å². The summed E-state index contributed by atoms with van der Waals surface area (Å²) >= 11 is 6.19. The average molecular weight is 403 g/mol. The fourth-order valence-corrected chi connectivity index (χ4v) is 4.40. The quantitative estimate of drug-likeness (QED) is 0.788. The second kappa shape index (κ2) is 7.56. The standard InChI is InChI=1S/C20H23ClN4O3/c1-28-13-12-24-17-6-9-22-25(17)20(14-18(24)26)7-10-23(11-8-20)19(27)15-4-2-3-5-16(15)21/h2-6,9H,7-8,10-14H2,1H3. The van der Waals surface area contributed by atoms with E-state index in [0.29, 0.717) is 56.1 Å². The number of carbonyl (C=O) groups is 2. The van der Waals surface area contributed by atoms with Gasteiger partial charge in [0.25, 0.3) is 5.91 Å². The van der Waals surface area contributed by atoms with Gasteiger partial charge in [-0.2, -0.15) is 5.10 Å². The Morgan fingerprint density at radius 1 is 1.25 bits per heavy atom. The number of piperidine rings is 1. The Morgan fingerprint density at radius 2 is 2.00 bits per heavy atom. The lowest BCUT2D eigenvalue weighted by molar-refractivity contribution is -0.123. The van der Waals surface area contributed by atoms with Crippen LogP contribution in [0.25, 0.3) is 0 Å². The molecule has 1 aromatic heterocycles. The molecule has 0 unspecified atom stereocenters. The van der Waals surface area contributed by atoms with Crippen molar-refractivity contribution in [2.45, 2.75) is 24.8 Å². The lowest BCUT2D eigenvalue weighted by Crippen LogP contribution is -2.55. The Labute approximate surface area is 168 Å². The first-order valence-corrected chi connectivity index (χ1v) is 9.81. The van der Waals surface area contributed by atoms with Gasteiger partial charge in [0, 0.05) is 26.3 Å². The molecule has 0 radical (unpaired) electrons. The Hall–Kier alpha value is -2.38. The first-order chi connectivity index (χ1) is 13.6. The highest BCUT2D eigenvalue weighted by atomic mass is 35.5. The van der Waals surface area contributed by atoms with Crippen LogP contribution >= 0.6 is 11.6 Å². The van der Waals surface area contributed by atoms with Crippen LogP contribution < -0.4 is 4.90 Å². The maximum absolute atomic E-state index is 12.9. The molecule has 2 amide bonds. The van der Waals surface area contributed by atoms with Crippen LogP contribution in [0, 0.1) is 0 Å². The van der Waals surface area contributed by atoms with Gasteiger partial charge in [-0.1, -0.05) is 23.7 Å². The summed E-state index contributed by atoms with van der Waals surface area (Å²) < 4.78 is 7.11. The highest BCUT2D eigenvalue weighted by Gasteiger charge is 2.46. The summed E-state index contributed by atoms with van der Waals surface area (Å²) in [5.74, 6) is 0.820. The lowest BCUT2D eigenvalue weighted by Gasteiger charge is -2.46. The molecule has 1 fully saturated rings. The van der Waals surface area contributed by atoms with Gasteiger partial charge < -0.3 is 9.64 Å². The molecule has 7 nitrogen and oxygen atoms in total. The van der Waals surface area contributed by atoms with Crippen molar-refractivity contribution in [1.82, 2.24) is 14.7 Å². The largest absolute Gasteiger partial charge is 0.383 e. The van der Waals surface area contributed by atoms with Crippen LogP contribution in [-0.2, 0) is 15.1 Å². The fourth-order valence-electron chi connectivity index (χ4n) is 4.19. The van der Waals surface area contributed by atoms with E-state index in [1.54, 1.807) is 30.3 Å². The number of aromatic nitrogens is 2. The number of benzene rings is 1. The number of amides is 2. The van der Waals surface area contributed by atoms with Gasteiger partial charge in [0.15, 0.2) is 0 Å². The number of nitrogens with zero attached hydrogens (tertiary/aromatic N) is 4. The van der Waals surface area contributed by atoms with Gasteiger partial charge in [-0.15, -0.1) is 0 Å². The minimum absolute atomic E-state index is 0.0648. The van der Waals surface area contributed by atoms with Crippen molar-refractivity contribution in [3.63, 3.8) is 0 Å². The van der Waals surface area contributed by atoms with Gasteiger partial charge in [0.1, 0.15) is 5.82 Å². The summed E-state index contributed by atoms with van der Waals surface area (Å²) in [7, 11) is 1.62. The van der Waals surface area contributed by atoms with E-state index >= 15 is 0 Å².